The summed E-state index contributed by atoms with van der Waals surface area (Å²) < 4.78 is 0. The first-order valence-corrected chi connectivity index (χ1v) is 6.38. The normalized spacial score (nSPS) is 24.8. The van der Waals surface area contributed by atoms with Crippen LogP contribution in [0.2, 0.25) is 5.02 Å². The third-order valence-electron chi connectivity index (χ3n) is 3.40. The first kappa shape index (κ1) is 12.4. The highest BCUT2D eigenvalue weighted by Gasteiger charge is 2.28. The second kappa shape index (κ2) is 5.05. The van der Waals surface area contributed by atoms with Gasteiger partial charge in [-0.2, -0.15) is 0 Å². The van der Waals surface area contributed by atoms with E-state index in [0.29, 0.717) is 16.5 Å². The van der Waals surface area contributed by atoms with Gasteiger partial charge in [0.1, 0.15) is 0 Å². The number of likely N-dealkylation sites (tertiary alicyclic amines) is 1. The molecular weight excluding hydrogens is 236 g/mol. The number of amides is 1. The van der Waals surface area contributed by atoms with Crippen LogP contribution in [0.1, 0.15) is 37.0 Å². The van der Waals surface area contributed by atoms with Gasteiger partial charge in [-0.15, -0.1) is 0 Å². The number of carbonyl (C=O) groups is 1. The van der Waals surface area contributed by atoms with Crippen molar-refractivity contribution in [2.45, 2.75) is 32.7 Å². The van der Waals surface area contributed by atoms with E-state index in [0.717, 1.165) is 19.4 Å². The van der Waals surface area contributed by atoms with E-state index in [-0.39, 0.29) is 11.9 Å². The molecule has 0 bridgehead atoms. The molecule has 1 amide bonds. The molecule has 0 aromatic carbocycles. The van der Waals surface area contributed by atoms with Crippen molar-refractivity contribution in [1.29, 1.82) is 0 Å². The molecule has 1 aliphatic rings. The Kier molecular flexibility index (Phi) is 3.67. The molecular formula is C13H17ClN2O. The minimum atomic E-state index is 0.00231. The van der Waals surface area contributed by atoms with Crippen molar-refractivity contribution < 1.29 is 4.79 Å². The molecule has 0 aliphatic carbocycles. The lowest BCUT2D eigenvalue weighted by Crippen LogP contribution is -2.44. The van der Waals surface area contributed by atoms with Gasteiger partial charge in [0.15, 0.2) is 0 Å². The summed E-state index contributed by atoms with van der Waals surface area (Å²) in [6.07, 6.45) is 5.27. The van der Waals surface area contributed by atoms with Crippen LogP contribution in [-0.2, 0) is 0 Å². The zero-order valence-electron chi connectivity index (χ0n) is 10.2. The van der Waals surface area contributed by atoms with Crippen molar-refractivity contribution in [2.75, 3.05) is 6.54 Å². The predicted molar refractivity (Wildman–Crippen MR) is 68.1 cm³/mol. The van der Waals surface area contributed by atoms with Gasteiger partial charge in [0.2, 0.25) is 0 Å². The van der Waals surface area contributed by atoms with E-state index < -0.39 is 0 Å². The Balaban J connectivity index is 2.18. The number of rotatable bonds is 1. The summed E-state index contributed by atoms with van der Waals surface area (Å²) in [7, 11) is 0. The van der Waals surface area contributed by atoms with Gasteiger partial charge in [-0.05, 0) is 31.7 Å². The summed E-state index contributed by atoms with van der Waals surface area (Å²) in [6.45, 7) is 5.14. The molecule has 3 nitrogen and oxygen atoms in total. The Hall–Kier alpha value is -1.09. The molecule has 17 heavy (non-hydrogen) atoms. The van der Waals surface area contributed by atoms with Crippen LogP contribution in [0.15, 0.2) is 18.5 Å². The fraction of sp³-hybridized carbons (Fsp3) is 0.538. The van der Waals surface area contributed by atoms with Gasteiger partial charge >= 0.3 is 0 Å². The third-order valence-corrected chi connectivity index (χ3v) is 3.73. The maximum Gasteiger partial charge on any atom is 0.257 e. The average molecular weight is 253 g/mol. The number of carbonyl (C=O) groups excluding carboxylic acids is 1. The molecule has 92 valence electrons. The number of halogens is 1. The zero-order valence-corrected chi connectivity index (χ0v) is 10.9. The van der Waals surface area contributed by atoms with Crippen LogP contribution in [0.3, 0.4) is 0 Å². The SMILES string of the molecule is CC1CCN(C(=O)c2cnccc2Cl)C(C)C1. The Labute approximate surface area is 107 Å². The molecule has 2 atom stereocenters. The van der Waals surface area contributed by atoms with Crippen molar-refractivity contribution in [2.24, 2.45) is 5.92 Å². The van der Waals surface area contributed by atoms with Crippen LogP contribution in [0.25, 0.3) is 0 Å². The predicted octanol–water partition coefficient (Wildman–Crippen LogP) is 3.00. The number of hydrogen-bond donors (Lipinski definition) is 0. The maximum absolute atomic E-state index is 12.3. The van der Waals surface area contributed by atoms with Crippen molar-refractivity contribution in [3.05, 3.63) is 29.0 Å². The summed E-state index contributed by atoms with van der Waals surface area (Å²) >= 11 is 6.03. The first-order valence-electron chi connectivity index (χ1n) is 6.00. The van der Waals surface area contributed by atoms with Crippen molar-refractivity contribution >= 4 is 17.5 Å². The van der Waals surface area contributed by atoms with Crippen LogP contribution in [0.5, 0.6) is 0 Å². The minimum Gasteiger partial charge on any atom is -0.336 e. The lowest BCUT2D eigenvalue weighted by molar-refractivity contribution is 0.0588. The number of nitrogens with zero attached hydrogens (tertiary/aromatic N) is 2. The van der Waals surface area contributed by atoms with E-state index in [4.69, 9.17) is 11.6 Å². The van der Waals surface area contributed by atoms with Gasteiger partial charge in [0, 0.05) is 25.0 Å². The van der Waals surface area contributed by atoms with Gasteiger partial charge in [0.25, 0.3) is 5.91 Å². The second-order valence-electron chi connectivity index (χ2n) is 4.83. The number of piperidine rings is 1. The quantitative estimate of drug-likeness (QED) is 0.770. The second-order valence-corrected chi connectivity index (χ2v) is 5.24. The molecule has 2 unspecified atom stereocenters. The van der Waals surface area contributed by atoms with Gasteiger partial charge in [-0.1, -0.05) is 18.5 Å². The highest BCUT2D eigenvalue weighted by molar-refractivity contribution is 6.33. The Morgan fingerprint density at radius 2 is 2.29 bits per heavy atom. The van der Waals surface area contributed by atoms with Gasteiger partial charge < -0.3 is 4.90 Å². The van der Waals surface area contributed by atoms with Crippen LogP contribution in [0, 0.1) is 5.92 Å². The summed E-state index contributed by atoms with van der Waals surface area (Å²) in [5.74, 6) is 0.695. The largest absolute Gasteiger partial charge is 0.336 e. The molecule has 1 saturated heterocycles. The van der Waals surface area contributed by atoms with Crippen LogP contribution < -0.4 is 0 Å². The lowest BCUT2D eigenvalue weighted by Gasteiger charge is -2.36. The smallest absolute Gasteiger partial charge is 0.257 e. The van der Waals surface area contributed by atoms with Crippen molar-refractivity contribution in [3.63, 3.8) is 0 Å². The molecule has 0 saturated carbocycles. The molecule has 1 aromatic heterocycles. The fourth-order valence-electron chi connectivity index (χ4n) is 2.40. The van der Waals surface area contributed by atoms with Crippen LogP contribution in [-0.4, -0.2) is 28.4 Å². The highest BCUT2D eigenvalue weighted by atomic mass is 35.5. The van der Waals surface area contributed by atoms with Crippen LogP contribution in [0.4, 0.5) is 0 Å². The number of aromatic nitrogens is 1. The zero-order chi connectivity index (χ0) is 12.4. The first-order chi connectivity index (χ1) is 8.09. The molecule has 1 fully saturated rings. The fourth-order valence-corrected chi connectivity index (χ4v) is 2.58. The highest BCUT2D eigenvalue weighted by Crippen LogP contribution is 2.25. The Bertz CT molecular complexity index is 422. The summed E-state index contributed by atoms with van der Waals surface area (Å²) in [6, 6.07) is 1.94. The Morgan fingerprint density at radius 3 is 2.94 bits per heavy atom. The Morgan fingerprint density at radius 1 is 1.53 bits per heavy atom. The molecule has 2 rings (SSSR count). The molecule has 0 N–H and O–H groups in total. The van der Waals surface area contributed by atoms with Gasteiger partial charge in [-0.3, -0.25) is 9.78 Å². The number of pyridine rings is 1. The van der Waals surface area contributed by atoms with Crippen molar-refractivity contribution in [1.82, 2.24) is 9.88 Å². The van der Waals surface area contributed by atoms with Gasteiger partial charge in [0.05, 0.1) is 10.6 Å². The molecule has 4 heteroatoms. The summed E-state index contributed by atoms with van der Waals surface area (Å²) in [5.41, 5.74) is 0.510. The van der Waals surface area contributed by atoms with E-state index in [2.05, 4.69) is 18.8 Å². The number of hydrogen-bond acceptors (Lipinski definition) is 2. The molecule has 1 aromatic rings. The average Bonchev–Trinajstić information content (AvgIpc) is 2.29. The molecule has 1 aliphatic heterocycles. The lowest BCUT2D eigenvalue weighted by atomic mass is 9.93. The molecule has 0 radical (unpaired) electrons. The van der Waals surface area contributed by atoms with E-state index in [1.165, 1.54) is 0 Å². The van der Waals surface area contributed by atoms with E-state index >= 15 is 0 Å². The minimum absolute atomic E-state index is 0.00231. The molecule has 2 heterocycles. The monoisotopic (exact) mass is 252 g/mol. The molecule has 0 spiro atoms. The summed E-state index contributed by atoms with van der Waals surface area (Å²) in [4.78, 5) is 18.2. The van der Waals surface area contributed by atoms with E-state index in [1.54, 1.807) is 18.5 Å². The van der Waals surface area contributed by atoms with Gasteiger partial charge in [-0.25, -0.2) is 0 Å². The third kappa shape index (κ3) is 2.60. The maximum atomic E-state index is 12.3. The van der Waals surface area contributed by atoms with Crippen molar-refractivity contribution in [3.8, 4) is 0 Å². The standard InChI is InChI=1S/C13H17ClN2O/c1-9-4-6-16(10(2)7-9)13(17)11-8-15-5-3-12(11)14/h3,5,8-10H,4,6-7H2,1-2H3. The topological polar surface area (TPSA) is 33.2 Å². The van der Waals surface area contributed by atoms with E-state index in [9.17, 15) is 4.79 Å². The van der Waals surface area contributed by atoms with E-state index in [1.807, 2.05) is 4.90 Å². The summed E-state index contributed by atoms with van der Waals surface area (Å²) in [5, 5.41) is 0.482. The van der Waals surface area contributed by atoms with Crippen LogP contribution >= 0.6 is 11.6 Å².